The molecule has 4 rings (SSSR count). The van der Waals surface area contributed by atoms with Gasteiger partial charge in [-0.3, -0.25) is 0 Å². The summed E-state index contributed by atoms with van der Waals surface area (Å²) in [6, 6.07) is 6.76. The van der Waals surface area contributed by atoms with Crippen LogP contribution in [0, 0.1) is 11.3 Å². The Bertz CT molecular complexity index is 1030. The zero-order valence-corrected chi connectivity index (χ0v) is 11.6. The lowest BCUT2D eigenvalue weighted by Crippen LogP contribution is -2.09. The average molecular weight is 311 g/mol. The van der Waals surface area contributed by atoms with Gasteiger partial charge in [0.05, 0.1) is 6.54 Å². The molecule has 9 nitrogen and oxygen atoms in total. The van der Waals surface area contributed by atoms with Gasteiger partial charge in [-0.2, -0.15) is 5.26 Å². The van der Waals surface area contributed by atoms with Gasteiger partial charge in [-0.1, -0.05) is 5.21 Å². The van der Waals surface area contributed by atoms with Gasteiger partial charge in [0.1, 0.15) is 6.07 Å². The van der Waals surface area contributed by atoms with Gasteiger partial charge in [-0.25, -0.2) is 9.48 Å². The first kappa shape index (κ1) is 13.1. The molecule has 0 saturated carbocycles. The number of rotatable bonds is 2. The highest BCUT2D eigenvalue weighted by molar-refractivity contribution is 5.88. The maximum Gasteiger partial charge on any atom is 0.336 e. The van der Waals surface area contributed by atoms with Crippen molar-refractivity contribution in [3.63, 3.8) is 0 Å². The summed E-state index contributed by atoms with van der Waals surface area (Å²) in [5.74, 6) is 0.943. The van der Waals surface area contributed by atoms with Gasteiger partial charge in [0.2, 0.25) is 12.5 Å². The molecule has 3 heterocycles. The molecule has 2 N–H and O–H groups in total. The molecular formula is C14H9N5O4. The normalized spacial score (nSPS) is 12.5. The molecule has 0 spiro atoms. The van der Waals surface area contributed by atoms with Crippen LogP contribution >= 0.6 is 0 Å². The van der Waals surface area contributed by atoms with E-state index in [-0.39, 0.29) is 24.8 Å². The lowest BCUT2D eigenvalue weighted by atomic mass is 10.1. The molecule has 0 atom stereocenters. The molecule has 0 bridgehead atoms. The fourth-order valence-corrected chi connectivity index (χ4v) is 2.50. The van der Waals surface area contributed by atoms with Crippen LogP contribution in [0.2, 0.25) is 0 Å². The topological polar surface area (TPSA) is 129 Å². The fraction of sp³-hybridized carbons (Fsp3) is 0.143. The molecule has 0 fully saturated rings. The smallest absolute Gasteiger partial charge is 0.336 e. The van der Waals surface area contributed by atoms with Crippen LogP contribution in [0.5, 0.6) is 11.5 Å². The minimum absolute atomic E-state index is 0.0393. The Morgan fingerprint density at radius 1 is 1.39 bits per heavy atom. The summed E-state index contributed by atoms with van der Waals surface area (Å²) in [5.41, 5.74) is 6.09. The maximum absolute atomic E-state index is 11.9. The minimum Gasteiger partial charge on any atom is -0.453 e. The van der Waals surface area contributed by atoms with Crippen molar-refractivity contribution in [2.45, 2.75) is 6.54 Å². The predicted molar refractivity (Wildman–Crippen MR) is 76.9 cm³/mol. The molecule has 9 heteroatoms. The van der Waals surface area contributed by atoms with E-state index < -0.39 is 5.63 Å². The zero-order chi connectivity index (χ0) is 16.0. The zero-order valence-electron chi connectivity index (χ0n) is 11.6. The highest BCUT2D eigenvalue weighted by Crippen LogP contribution is 2.39. The molecule has 0 saturated heterocycles. The van der Waals surface area contributed by atoms with Crippen molar-refractivity contribution in [2.75, 3.05) is 12.5 Å². The van der Waals surface area contributed by atoms with Crippen LogP contribution in [0.25, 0.3) is 11.0 Å². The summed E-state index contributed by atoms with van der Waals surface area (Å²) in [6.45, 7) is 0.218. The van der Waals surface area contributed by atoms with E-state index in [1.54, 1.807) is 12.1 Å². The van der Waals surface area contributed by atoms with Gasteiger partial charge in [0.15, 0.2) is 22.8 Å². The number of nitrogens with two attached hydrogens (primary N) is 1. The summed E-state index contributed by atoms with van der Waals surface area (Å²) in [4.78, 5) is 11.9. The molecule has 0 aliphatic carbocycles. The monoisotopic (exact) mass is 311 g/mol. The maximum atomic E-state index is 11.9. The third-order valence-corrected chi connectivity index (χ3v) is 3.52. The lowest BCUT2D eigenvalue weighted by Gasteiger charge is -2.07. The van der Waals surface area contributed by atoms with E-state index in [0.717, 1.165) is 0 Å². The number of ether oxygens (including phenoxy) is 2. The second-order valence-electron chi connectivity index (χ2n) is 4.86. The standard InChI is InChI=1S/C14H9N5O4/c15-4-9-14(16)17-18-19(9)5-7-3-11(20)23-12-8(7)1-2-10-13(12)22-6-21-10/h1-3H,5-6,16H2. The number of anilines is 1. The van der Waals surface area contributed by atoms with Crippen molar-refractivity contribution in [3.05, 3.63) is 39.9 Å². The van der Waals surface area contributed by atoms with Gasteiger partial charge in [-0.15, -0.1) is 5.10 Å². The molecule has 1 aliphatic rings. The van der Waals surface area contributed by atoms with E-state index in [2.05, 4.69) is 10.3 Å². The summed E-state index contributed by atoms with van der Waals surface area (Å²) >= 11 is 0. The second kappa shape index (κ2) is 4.74. The Morgan fingerprint density at radius 2 is 2.26 bits per heavy atom. The van der Waals surface area contributed by atoms with Gasteiger partial charge >= 0.3 is 5.63 Å². The molecule has 114 valence electrons. The lowest BCUT2D eigenvalue weighted by molar-refractivity contribution is 0.174. The SMILES string of the molecule is N#Cc1c(N)nnn1Cc1cc(=O)oc2c3c(ccc12)OCO3. The van der Waals surface area contributed by atoms with E-state index >= 15 is 0 Å². The number of hydrogen-bond acceptors (Lipinski definition) is 8. The van der Waals surface area contributed by atoms with Crippen molar-refractivity contribution in [2.24, 2.45) is 0 Å². The van der Waals surface area contributed by atoms with Crippen molar-refractivity contribution in [1.29, 1.82) is 5.26 Å². The second-order valence-corrected chi connectivity index (χ2v) is 4.86. The first-order valence-corrected chi connectivity index (χ1v) is 6.62. The summed E-state index contributed by atoms with van der Waals surface area (Å²) in [6.07, 6.45) is 0. The first-order chi connectivity index (χ1) is 11.2. The summed E-state index contributed by atoms with van der Waals surface area (Å²) in [5, 5.41) is 17.3. The Morgan fingerprint density at radius 3 is 3.09 bits per heavy atom. The largest absolute Gasteiger partial charge is 0.453 e. The molecule has 0 radical (unpaired) electrons. The third kappa shape index (κ3) is 1.96. The van der Waals surface area contributed by atoms with E-state index in [1.165, 1.54) is 10.7 Å². The number of benzene rings is 1. The quantitative estimate of drug-likeness (QED) is 0.681. The van der Waals surface area contributed by atoms with E-state index in [4.69, 9.17) is 24.9 Å². The van der Waals surface area contributed by atoms with Gasteiger partial charge < -0.3 is 19.6 Å². The van der Waals surface area contributed by atoms with Crippen LogP contribution in [0.15, 0.2) is 27.4 Å². The number of fused-ring (bicyclic) bond motifs is 3. The Kier molecular flexibility index (Phi) is 2.71. The van der Waals surface area contributed by atoms with Crippen LogP contribution < -0.4 is 20.8 Å². The number of nitrogen functional groups attached to an aromatic ring is 1. The minimum atomic E-state index is -0.539. The molecule has 3 aromatic rings. The Labute approximate surface area is 128 Å². The molecule has 23 heavy (non-hydrogen) atoms. The molecular weight excluding hydrogens is 302 g/mol. The van der Waals surface area contributed by atoms with Crippen LogP contribution in [-0.4, -0.2) is 21.8 Å². The fourth-order valence-electron chi connectivity index (χ4n) is 2.50. The van der Waals surface area contributed by atoms with Gasteiger partial charge in [0, 0.05) is 11.5 Å². The van der Waals surface area contributed by atoms with Crippen LogP contribution in [0.1, 0.15) is 11.3 Å². The van der Waals surface area contributed by atoms with E-state index in [0.29, 0.717) is 28.0 Å². The molecule has 2 aromatic heterocycles. The molecule has 0 amide bonds. The highest BCUT2D eigenvalue weighted by Gasteiger charge is 2.21. The number of nitrogens with zero attached hydrogens (tertiary/aromatic N) is 4. The van der Waals surface area contributed by atoms with Crippen molar-refractivity contribution < 1.29 is 13.9 Å². The summed E-state index contributed by atoms with van der Waals surface area (Å²) < 4.78 is 17.2. The van der Waals surface area contributed by atoms with Crippen LogP contribution in [-0.2, 0) is 6.54 Å². The average Bonchev–Trinajstić information content (AvgIpc) is 3.14. The summed E-state index contributed by atoms with van der Waals surface area (Å²) in [7, 11) is 0. The van der Waals surface area contributed by atoms with Crippen LogP contribution in [0.3, 0.4) is 0 Å². The van der Waals surface area contributed by atoms with Crippen LogP contribution in [0.4, 0.5) is 5.82 Å². The third-order valence-electron chi connectivity index (χ3n) is 3.52. The number of hydrogen-bond donors (Lipinski definition) is 1. The number of aromatic nitrogens is 3. The van der Waals surface area contributed by atoms with E-state index in [1.807, 2.05) is 6.07 Å². The highest BCUT2D eigenvalue weighted by atomic mass is 16.7. The molecule has 1 aromatic carbocycles. The van der Waals surface area contributed by atoms with E-state index in [9.17, 15) is 4.79 Å². The van der Waals surface area contributed by atoms with Crippen molar-refractivity contribution in [3.8, 4) is 17.6 Å². The predicted octanol–water partition coefficient (Wildman–Crippen LogP) is 0.615. The van der Waals surface area contributed by atoms with Crippen molar-refractivity contribution in [1.82, 2.24) is 15.0 Å². The van der Waals surface area contributed by atoms with Crippen molar-refractivity contribution >= 4 is 16.8 Å². The van der Waals surface area contributed by atoms with Gasteiger partial charge in [-0.05, 0) is 17.7 Å². The Balaban J connectivity index is 1.91. The first-order valence-electron chi connectivity index (χ1n) is 6.62. The Hall–Kier alpha value is -3.54. The molecule has 0 unspecified atom stereocenters. The number of nitriles is 1. The molecule has 1 aliphatic heterocycles. The van der Waals surface area contributed by atoms with Gasteiger partial charge in [0.25, 0.3) is 0 Å².